The van der Waals surface area contributed by atoms with Crippen LogP contribution in [0.3, 0.4) is 0 Å². The minimum Gasteiger partial charge on any atom is -0.452 e. The summed E-state index contributed by atoms with van der Waals surface area (Å²) < 4.78 is 13.0. The molecule has 0 saturated carbocycles. The molecule has 0 amide bonds. The number of nitrogens with zero attached hydrogens (tertiary/aromatic N) is 1. The quantitative estimate of drug-likeness (QED) is 0.267. The van der Waals surface area contributed by atoms with E-state index in [1.54, 1.807) is 0 Å². The molecule has 0 atom stereocenters. The van der Waals surface area contributed by atoms with E-state index in [0.29, 0.717) is 0 Å². The van der Waals surface area contributed by atoms with Crippen molar-refractivity contribution in [2.24, 2.45) is 0 Å². The molecule has 3 heteroatoms. The molecule has 7 aromatic rings. The topological polar surface area (TPSA) is 39.2 Å². The lowest BCUT2D eigenvalue weighted by molar-refractivity contribution is 0.633. The molecular weight excluding hydrogens is 430 g/mol. The molecule has 0 N–H and O–H groups in total. The van der Waals surface area contributed by atoms with Crippen molar-refractivity contribution < 1.29 is 8.83 Å². The van der Waals surface area contributed by atoms with E-state index in [4.69, 9.17) is 13.8 Å². The van der Waals surface area contributed by atoms with Crippen LogP contribution in [0.15, 0.2) is 106 Å². The first kappa shape index (κ1) is 20.0. The number of hydrogen-bond donors (Lipinski definition) is 0. The normalized spacial score (nSPS) is 12.0. The van der Waals surface area contributed by atoms with E-state index >= 15 is 0 Å². The second kappa shape index (κ2) is 7.57. The van der Waals surface area contributed by atoms with Crippen molar-refractivity contribution in [3.8, 4) is 22.4 Å². The molecule has 0 aliphatic rings. The highest BCUT2D eigenvalue weighted by Crippen LogP contribution is 2.49. The van der Waals surface area contributed by atoms with Gasteiger partial charge >= 0.3 is 0 Å². The van der Waals surface area contributed by atoms with E-state index in [1.165, 1.54) is 11.1 Å². The SMILES string of the molecule is CC(C)c1c(-c2ccnc(-c3ccccc3)c2)c2c3ccccc3oc2c2oc3ccccc3c12. The average Bonchev–Trinajstić information content (AvgIpc) is 3.47. The monoisotopic (exact) mass is 453 g/mol. The van der Waals surface area contributed by atoms with Gasteiger partial charge in [0.05, 0.1) is 5.69 Å². The van der Waals surface area contributed by atoms with Crippen LogP contribution in [-0.2, 0) is 0 Å². The summed E-state index contributed by atoms with van der Waals surface area (Å²) in [6.45, 7) is 4.51. The van der Waals surface area contributed by atoms with E-state index in [1.807, 2.05) is 36.5 Å². The van der Waals surface area contributed by atoms with E-state index in [9.17, 15) is 0 Å². The minimum absolute atomic E-state index is 0.264. The zero-order valence-corrected chi connectivity index (χ0v) is 19.6. The van der Waals surface area contributed by atoms with Gasteiger partial charge in [0.1, 0.15) is 11.2 Å². The molecule has 3 heterocycles. The fourth-order valence-electron chi connectivity index (χ4n) is 5.42. The smallest absolute Gasteiger partial charge is 0.179 e. The Morgan fingerprint density at radius 2 is 1.23 bits per heavy atom. The third-order valence-electron chi connectivity index (χ3n) is 6.88. The highest BCUT2D eigenvalue weighted by atomic mass is 16.4. The zero-order valence-electron chi connectivity index (χ0n) is 19.6. The van der Waals surface area contributed by atoms with Crippen LogP contribution in [-0.4, -0.2) is 4.98 Å². The van der Waals surface area contributed by atoms with Gasteiger partial charge in [-0.3, -0.25) is 4.98 Å². The molecule has 0 unspecified atom stereocenters. The lowest BCUT2D eigenvalue weighted by Crippen LogP contribution is -1.96. The number of furan rings is 2. The molecule has 0 fully saturated rings. The lowest BCUT2D eigenvalue weighted by Gasteiger charge is -2.17. The number of fused-ring (bicyclic) bond motifs is 7. The maximum atomic E-state index is 6.50. The Kier molecular flexibility index (Phi) is 4.34. The molecule has 0 radical (unpaired) electrons. The standard InChI is InChI=1S/C32H23NO2/c1-19(2)27-28(21-16-17-33-24(18-21)20-10-4-3-5-11-20)30-23-13-7-9-15-26(23)35-32(30)31-29(27)22-12-6-8-14-25(22)34-31/h3-19H,1-2H3. The molecular formula is C32H23NO2. The van der Waals surface area contributed by atoms with Crippen LogP contribution < -0.4 is 0 Å². The van der Waals surface area contributed by atoms with Gasteiger partial charge in [0.2, 0.25) is 0 Å². The van der Waals surface area contributed by atoms with E-state index in [2.05, 4.69) is 74.5 Å². The van der Waals surface area contributed by atoms with Crippen molar-refractivity contribution in [2.45, 2.75) is 19.8 Å². The predicted octanol–water partition coefficient (Wildman–Crippen LogP) is 9.34. The largest absolute Gasteiger partial charge is 0.452 e. The number of rotatable bonds is 3. The van der Waals surface area contributed by atoms with E-state index in [0.717, 1.165) is 60.7 Å². The summed E-state index contributed by atoms with van der Waals surface area (Å²) >= 11 is 0. The number of pyridine rings is 1. The summed E-state index contributed by atoms with van der Waals surface area (Å²) in [6.07, 6.45) is 1.91. The predicted molar refractivity (Wildman–Crippen MR) is 144 cm³/mol. The van der Waals surface area contributed by atoms with Crippen molar-refractivity contribution in [1.82, 2.24) is 4.98 Å². The highest BCUT2D eigenvalue weighted by molar-refractivity contribution is 6.25. The summed E-state index contributed by atoms with van der Waals surface area (Å²) in [5.41, 5.74) is 9.02. The van der Waals surface area contributed by atoms with Gasteiger partial charge in [0.15, 0.2) is 11.2 Å². The molecule has 35 heavy (non-hydrogen) atoms. The van der Waals surface area contributed by atoms with Crippen LogP contribution in [0.2, 0.25) is 0 Å². The molecule has 0 spiro atoms. The Morgan fingerprint density at radius 1 is 0.629 bits per heavy atom. The molecule has 0 aliphatic carbocycles. The Hall–Kier alpha value is -4.37. The second-order valence-electron chi connectivity index (χ2n) is 9.34. The fourth-order valence-corrected chi connectivity index (χ4v) is 5.42. The summed E-state index contributed by atoms with van der Waals surface area (Å²) in [7, 11) is 0. The molecule has 0 saturated heterocycles. The Morgan fingerprint density at radius 3 is 1.91 bits per heavy atom. The van der Waals surface area contributed by atoms with Crippen molar-refractivity contribution in [2.75, 3.05) is 0 Å². The fraction of sp³-hybridized carbons (Fsp3) is 0.0938. The van der Waals surface area contributed by atoms with Crippen LogP contribution in [0.5, 0.6) is 0 Å². The van der Waals surface area contributed by atoms with E-state index in [-0.39, 0.29) is 5.92 Å². The lowest BCUT2D eigenvalue weighted by atomic mass is 9.85. The van der Waals surface area contributed by atoms with Gasteiger partial charge in [-0.05, 0) is 46.9 Å². The summed E-state index contributed by atoms with van der Waals surface area (Å²) in [6, 6.07) is 31.2. The molecule has 168 valence electrons. The second-order valence-corrected chi connectivity index (χ2v) is 9.34. The summed E-state index contributed by atoms with van der Waals surface area (Å²) in [5, 5.41) is 4.45. The molecule has 3 aromatic heterocycles. The van der Waals surface area contributed by atoms with Crippen molar-refractivity contribution >= 4 is 43.9 Å². The maximum absolute atomic E-state index is 6.50. The van der Waals surface area contributed by atoms with Crippen molar-refractivity contribution in [3.05, 3.63) is 103 Å². The van der Waals surface area contributed by atoms with Gasteiger partial charge in [0.25, 0.3) is 0 Å². The molecule has 3 nitrogen and oxygen atoms in total. The summed E-state index contributed by atoms with van der Waals surface area (Å²) in [4.78, 5) is 4.70. The van der Waals surface area contributed by atoms with Crippen molar-refractivity contribution in [3.63, 3.8) is 0 Å². The van der Waals surface area contributed by atoms with Gasteiger partial charge in [0, 0.05) is 33.3 Å². The molecule has 0 bridgehead atoms. The first-order valence-electron chi connectivity index (χ1n) is 12.0. The molecule has 7 rings (SSSR count). The average molecular weight is 454 g/mol. The highest BCUT2D eigenvalue weighted by Gasteiger charge is 2.26. The third kappa shape index (κ3) is 2.95. The number of aromatic nitrogens is 1. The van der Waals surface area contributed by atoms with Crippen LogP contribution in [0.25, 0.3) is 66.3 Å². The Balaban J connectivity index is 1.70. The first-order valence-corrected chi connectivity index (χ1v) is 12.0. The van der Waals surface area contributed by atoms with Gasteiger partial charge in [-0.2, -0.15) is 0 Å². The first-order chi connectivity index (χ1) is 17.2. The molecule has 0 aliphatic heterocycles. The zero-order chi connectivity index (χ0) is 23.5. The van der Waals surface area contributed by atoms with Crippen LogP contribution in [0.1, 0.15) is 25.3 Å². The number of benzene rings is 4. The van der Waals surface area contributed by atoms with Crippen LogP contribution in [0, 0.1) is 0 Å². The maximum Gasteiger partial charge on any atom is 0.179 e. The van der Waals surface area contributed by atoms with Gasteiger partial charge in [-0.1, -0.05) is 80.6 Å². The molecule has 4 aromatic carbocycles. The van der Waals surface area contributed by atoms with Crippen LogP contribution >= 0.6 is 0 Å². The van der Waals surface area contributed by atoms with Gasteiger partial charge < -0.3 is 8.83 Å². The third-order valence-corrected chi connectivity index (χ3v) is 6.88. The van der Waals surface area contributed by atoms with Crippen molar-refractivity contribution in [1.29, 1.82) is 0 Å². The Labute approximate surface area is 202 Å². The van der Waals surface area contributed by atoms with Gasteiger partial charge in [-0.15, -0.1) is 0 Å². The number of para-hydroxylation sites is 2. The van der Waals surface area contributed by atoms with Gasteiger partial charge in [-0.25, -0.2) is 0 Å². The summed E-state index contributed by atoms with van der Waals surface area (Å²) in [5.74, 6) is 0.264. The van der Waals surface area contributed by atoms with E-state index < -0.39 is 0 Å². The minimum atomic E-state index is 0.264. The Bertz CT molecular complexity index is 1870. The van der Waals surface area contributed by atoms with Crippen LogP contribution in [0.4, 0.5) is 0 Å². The number of hydrogen-bond acceptors (Lipinski definition) is 3.